The number of rotatable bonds is 3. The summed E-state index contributed by atoms with van der Waals surface area (Å²) in [5, 5.41) is 0. The maximum Gasteiger partial charge on any atom is 0.382 e. The predicted octanol–water partition coefficient (Wildman–Crippen LogP) is 2.08. The molecule has 0 saturated carbocycles. The molecule has 0 bridgehead atoms. The Morgan fingerprint density at radius 3 is 2.64 bits per heavy atom. The number of nitrogens with zero attached hydrogens (tertiary/aromatic N) is 1. The summed E-state index contributed by atoms with van der Waals surface area (Å²) in [5.74, 6) is -0.0171. The van der Waals surface area contributed by atoms with E-state index < -0.39 is 11.6 Å². The minimum atomic E-state index is -3.59. The van der Waals surface area contributed by atoms with Crippen molar-refractivity contribution >= 4 is 6.08 Å². The monoisotopic (exact) mass is 199 g/mol. The molecule has 0 aromatic heterocycles. The average molecular weight is 199 g/mol. The lowest BCUT2D eigenvalue weighted by Crippen LogP contribution is -2.10. The van der Waals surface area contributed by atoms with Crippen LogP contribution >= 0.6 is 0 Å². The second-order valence-electron chi connectivity index (χ2n) is 2.44. The Balaban J connectivity index is 3.23. The molecule has 3 nitrogen and oxygen atoms in total. The van der Waals surface area contributed by atoms with Crippen molar-refractivity contribution in [3.05, 3.63) is 29.8 Å². The Labute approximate surface area is 79.0 Å². The molecule has 1 rings (SSSR count). The molecule has 0 aliphatic carbocycles. The molecule has 0 aliphatic rings. The van der Waals surface area contributed by atoms with Crippen LogP contribution in [0.15, 0.2) is 29.3 Å². The van der Waals surface area contributed by atoms with Crippen molar-refractivity contribution in [2.24, 2.45) is 4.99 Å². The van der Waals surface area contributed by atoms with Gasteiger partial charge in [-0.05, 0) is 12.1 Å². The first kappa shape index (κ1) is 10.3. The van der Waals surface area contributed by atoms with Gasteiger partial charge in [-0.15, -0.1) is 4.99 Å². The zero-order chi connectivity index (χ0) is 10.6. The highest BCUT2D eigenvalue weighted by atomic mass is 19.3. The van der Waals surface area contributed by atoms with Gasteiger partial charge < -0.3 is 4.74 Å². The van der Waals surface area contributed by atoms with Gasteiger partial charge in [-0.3, -0.25) is 0 Å². The van der Waals surface area contributed by atoms with Crippen LogP contribution in [-0.4, -0.2) is 13.2 Å². The van der Waals surface area contributed by atoms with Gasteiger partial charge >= 0.3 is 6.05 Å². The Hall–Kier alpha value is -1.74. The van der Waals surface area contributed by atoms with E-state index >= 15 is 0 Å². The lowest BCUT2D eigenvalue weighted by molar-refractivity contribution is 0.00391. The van der Waals surface area contributed by atoms with Crippen LogP contribution in [0.4, 0.5) is 8.78 Å². The third-order valence-electron chi connectivity index (χ3n) is 1.62. The first-order chi connectivity index (χ1) is 6.61. The highest BCUT2D eigenvalue weighted by Crippen LogP contribution is 2.35. The second-order valence-corrected chi connectivity index (χ2v) is 2.44. The van der Waals surface area contributed by atoms with E-state index in [0.717, 1.165) is 12.1 Å². The number of alkyl halides is 2. The van der Waals surface area contributed by atoms with Crippen molar-refractivity contribution in [1.82, 2.24) is 0 Å². The molecule has 0 fully saturated rings. The van der Waals surface area contributed by atoms with Crippen molar-refractivity contribution in [1.29, 1.82) is 0 Å². The predicted molar refractivity (Wildman–Crippen MR) is 45.0 cm³/mol. The average Bonchev–Trinajstić information content (AvgIpc) is 2.18. The summed E-state index contributed by atoms with van der Waals surface area (Å²) < 4.78 is 30.9. The quantitative estimate of drug-likeness (QED) is 0.424. The highest BCUT2D eigenvalue weighted by Gasteiger charge is 2.34. The third-order valence-corrected chi connectivity index (χ3v) is 1.62. The fourth-order valence-corrected chi connectivity index (χ4v) is 1.01. The Morgan fingerprint density at radius 2 is 2.07 bits per heavy atom. The van der Waals surface area contributed by atoms with Crippen LogP contribution < -0.4 is 4.74 Å². The number of hydrogen-bond acceptors (Lipinski definition) is 3. The number of para-hydroxylation sites is 1. The van der Waals surface area contributed by atoms with Crippen LogP contribution in [0.1, 0.15) is 5.56 Å². The highest BCUT2D eigenvalue weighted by molar-refractivity contribution is 5.40. The van der Waals surface area contributed by atoms with Crippen molar-refractivity contribution in [3.63, 3.8) is 0 Å². The molecule has 0 amide bonds. The molecule has 0 aliphatic heterocycles. The SMILES string of the molecule is COc1ccccc1C(F)(F)N=C=O. The van der Waals surface area contributed by atoms with E-state index in [1.165, 1.54) is 19.2 Å². The van der Waals surface area contributed by atoms with Gasteiger partial charge in [0.2, 0.25) is 6.08 Å². The first-order valence-corrected chi connectivity index (χ1v) is 3.72. The summed E-state index contributed by atoms with van der Waals surface area (Å²) in [4.78, 5) is 12.2. The fraction of sp³-hybridized carbons (Fsp3) is 0.222. The van der Waals surface area contributed by atoms with Gasteiger partial charge in [0.15, 0.2) is 0 Å². The number of ether oxygens (including phenoxy) is 1. The maximum atomic E-state index is 13.1. The summed E-state index contributed by atoms with van der Waals surface area (Å²) in [6.45, 7) is 0. The minimum Gasteiger partial charge on any atom is -0.496 e. The largest absolute Gasteiger partial charge is 0.496 e. The molecule has 0 unspecified atom stereocenters. The molecule has 5 heteroatoms. The van der Waals surface area contributed by atoms with Crippen LogP contribution in [0.25, 0.3) is 0 Å². The van der Waals surface area contributed by atoms with E-state index in [1.807, 2.05) is 0 Å². The van der Waals surface area contributed by atoms with Crippen LogP contribution in [0.3, 0.4) is 0 Å². The van der Waals surface area contributed by atoms with E-state index in [4.69, 9.17) is 4.74 Å². The van der Waals surface area contributed by atoms with Gasteiger partial charge in [-0.2, -0.15) is 8.78 Å². The number of halogens is 2. The van der Waals surface area contributed by atoms with Crippen LogP contribution in [-0.2, 0) is 10.8 Å². The minimum absolute atomic E-state index is 0.0171. The van der Waals surface area contributed by atoms with Crippen molar-refractivity contribution in [2.75, 3.05) is 7.11 Å². The standard InChI is InChI=1S/C9H7F2NO2/c1-14-8-5-3-2-4-7(8)9(10,11)12-6-13/h2-5H,1H3. The summed E-state index contributed by atoms with van der Waals surface area (Å²) in [5.41, 5.74) is -0.453. The third kappa shape index (κ3) is 1.95. The molecule has 74 valence electrons. The summed E-state index contributed by atoms with van der Waals surface area (Å²) in [6.07, 6.45) is 0.827. The summed E-state index contributed by atoms with van der Waals surface area (Å²) in [7, 11) is 1.26. The van der Waals surface area contributed by atoms with Crippen LogP contribution in [0.2, 0.25) is 0 Å². The zero-order valence-electron chi connectivity index (χ0n) is 7.33. The normalized spacial score (nSPS) is 10.5. The van der Waals surface area contributed by atoms with E-state index in [0.29, 0.717) is 0 Å². The molecular weight excluding hydrogens is 192 g/mol. The Morgan fingerprint density at radius 1 is 1.43 bits per heavy atom. The molecular formula is C9H7F2NO2. The van der Waals surface area contributed by atoms with Gasteiger partial charge in [-0.1, -0.05) is 12.1 Å². The molecule has 0 radical (unpaired) electrons. The molecule has 1 aromatic carbocycles. The number of isocyanates is 1. The van der Waals surface area contributed by atoms with Crippen LogP contribution in [0, 0.1) is 0 Å². The van der Waals surface area contributed by atoms with Crippen molar-refractivity contribution in [2.45, 2.75) is 6.05 Å². The number of aliphatic imine (C=N–C) groups is 1. The number of hydrogen-bond donors (Lipinski definition) is 0. The number of carbonyl (C=O) groups excluding carboxylic acids is 1. The van der Waals surface area contributed by atoms with Gasteiger partial charge in [0, 0.05) is 0 Å². The smallest absolute Gasteiger partial charge is 0.382 e. The Kier molecular flexibility index (Phi) is 2.94. The lowest BCUT2D eigenvalue weighted by Gasteiger charge is -2.12. The van der Waals surface area contributed by atoms with Gasteiger partial charge in [0.1, 0.15) is 5.75 Å². The summed E-state index contributed by atoms with van der Waals surface area (Å²) >= 11 is 0. The second kappa shape index (κ2) is 3.98. The molecule has 1 aromatic rings. The number of benzene rings is 1. The topological polar surface area (TPSA) is 38.7 Å². The molecule has 0 heterocycles. The van der Waals surface area contributed by atoms with Crippen molar-refractivity contribution in [3.8, 4) is 5.75 Å². The molecule has 0 spiro atoms. The lowest BCUT2D eigenvalue weighted by atomic mass is 10.1. The Bertz CT molecular complexity index is 373. The van der Waals surface area contributed by atoms with Gasteiger partial charge in [0.05, 0.1) is 12.7 Å². The van der Waals surface area contributed by atoms with E-state index in [-0.39, 0.29) is 5.75 Å². The molecule has 0 saturated heterocycles. The molecule has 0 N–H and O–H groups in total. The fourth-order valence-electron chi connectivity index (χ4n) is 1.01. The zero-order valence-corrected chi connectivity index (χ0v) is 7.33. The van der Waals surface area contributed by atoms with E-state index in [2.05, 4.69) is 4.99 Å². The first-order valence-electron chi connectivity index (χ1n) is 3.72. The van der Waals surface area contributed by atoms with Crippen LogP contribution in [0.5, 0.6) is 5.75 Å². The van der Waals surface area contributed by atoms with Gasteiger partial charge in [-0.25, -0.2) is 4.79 Å². The van der Waals surface area contributed by atoms with E-state index in [1.54, 1.807) is 6.07 Å². The van der Waals surface area contributed by atoms with Crippen molar-refractivity contribution < 1.29 is 18.3 Å². The van der Waals surface area contributed by atoms with Gasteiger partial charge in [0.25, 0.3) is 0 Å². The maximum absolute atomic E-state index is 13.1. The molecule has 14 heavy (non-hydrogen) atoms. The molecule has 0 atom stereocenters. The number of methoxy groups -OCH3 is 1. The summed E-state index contributed by atoms with van der Waals surface area (Å²) in [6, 6.07) is 1.87. The van der Waals surface area contributed by atoms with E-state index in [9.17, 15) is 13.6 Å².